The lowest BCUT2D eigenvalue weighted by molar-refractivity contribution is 1.09. The SMILES string of the molecule is NC/C=C/CN(c1ccccc1)c1ccccc1. The summed E-state index contributed by atoms with van der Waals surface area (Å²) in [5, 5.41) is 0. The molecule has 0 atom stereocenters. The van der Waals surface area contributed by atoms with E-state index in [-0.39, 0.29) is 0 Å². The minimum Gasteiger partial charge on any atom is -0.338 e. The van der Waals surface area contributed by atoms with Crippen molar-refractivity contribution < 1.29 is 0 Å². The fourth-order valence-corrected chi connectivity index (χ4v) is 1.85. The number of nitrogens with two attached hydrogens (primary N) is 1. The maximum Gasteiger partial charge on any atom is 0.0413 e. The Balaban J connectivity index is 2.26. The van der Waals surface area contributed by atoms with Crippen molar-refractivity contribution in [2.24, 2.45) is 5.73 Å². The van der Waals surface area contributed by atoms with E-state index in [1.807, 2.05) is 18.2 Å². The summed E-state index contributed by atoms with van der Waals surface area (Å²) >= 11 is 0. The predicted molar refractivity (Wildman–Crippen MR) is 78.1 cm³/mol. The number of anilines is 2. The molecule has 0 aromatic heterocycles. The van der Waals surface area contributed by atoms with Gasteiger partial charge in [-0.25, -0.2) is 0 Å². The number of rotatable bonds is 5. The quantitative estimate of drug-likeness (QED) is 0.809. The monoisotopic (exact) mass is 238 g/mol. The Morgan fingerprint density at radius 1 is 0.778 bits per heavy atom. The number of nitrogens with zero attached hydrogens (tertiary/aromatic N) is 1. The van der Waals surface area contributed by atoms with Gasteiger partial charge in [0, 0.05) is 24.5 Å². The largest absolute Gasteiger partial charge is 0.338 e. The van der Waals surface area contributed by atoms with Crippen LogP contribution >= 0.6 is 0 Å². The highest BCUT2D eigenvalue weighted by molar-refractivity contribution is 5.63. The molecule has 2 rings (SSSR count). The minimum atomic E-state index is 0.581. The van der Waals surface area contributed by atoms with E-state index in [0.29, 0.717) is 6.54 Å². The molecule has 2 heteroatoms. The molecule has 0 aliphatic rings. The second-order valence-electron chi connectivity index (χ2n) is 3.99. The molecular formula is C16H18N2. The molecule has 0 saturated heterocycles. The third kappa shape index (κ3) is 3.22. The van der Waals surface area contributed by atoms with Crippen LogP contribution in [0.5, 0.6) is 0 Å². The standard InChI is InChI=1S/C16H18N2/c17-13-7-8-14-18(15-9-3-1-4-10-15)16-11-5-2-6-12-16/h1-12H,13-14,17H2/b8-7+. The van der Waals surface area contributed by atoms with Crippen LogP contribution in [0, 0.1) is 0 Å². The first kappa shape index (κ1) is 12.4. The third-order valence-corrected chi connectivity index (χ3v) is 2.73. The third-order valence-electron chi connectivity index (χ3n) is 2.73. The van der Waals surface area contributed by atoms with Gasteiger partial charge in [0.05, 0.1) is 0 Å². The second kappa shape index (κ2) is 6.62. The summed E-state index contributed by atoms with van der Waals surface area (Å²) in [6.45, 7) is 1.41. The van der Waals surface area contributed by atoms with Gasteiger partial charge in [-0.15, -0.1) is 0 Å². The predicted octanol–water partition coefficient (Wildman–Crippen LogP) is 3.34. The molecule has 0 saturated carbocycles. The average molecular weight is 238 g/mol. The van der Waals surface area contributed by atoms with E-state index in [9.17, 15) is 0 Å². The molecule has 0 heterocycles. The Kier molecular flexibility index (Phi) is 4.56. The average Bonchev–Trinajstić information content (AvgIpc) is 2.46. The second-order valence-corrected chi connectivity index (χ2v) is 3.99. The van der Waals surface area contributed by atoms with Gasteiger partial charge in [0.15, 0.2) is 0 Å². The molecule has 2 N–H and O–H groups in total. The van der Waals surface area contributed by atoms with E-state index >= 15 is 0 Å². The van der Waals surface area contributed by atoms with Crippen LogP contribution in [0.25, 0.3) is 0 Å². The molecule has 0 unspecified atom stereocenters. The molecule has 2 nitrogen and oxygen atoms in total. The topological polar surface area (TPSA) is 29.3 Å². The smallest absolute Gasteiger partial charge is 0.0413 e. The first-order chi connectivity index (χ1) is 8.92. The summed E-state index contributed by atoms with van der Waals surface area (Å²) in [6.07, 6.45) is 4.08. The lowest BCUT2D eigenvalue weighted by Gasteiger charge is -2.23. The van der Waals surface area contributed by atoms with Gasteiger partial charge in [-0.1, -0.05) is 48.6 Å². The Bertz CT molecular complexity index is 437. The van der Waals surface area contributed by atoms with Gasteiger partial charge in [-0.2, -0.15) is 0 Å². The van der Waals surface area contributed by atoms with Crippen LogP contribution in [-0.4, -0.2) is 13.1 Å². The van der Waals surface area contributed by atoms with E-state index in [4.69, 9.17) is 5.73 Å². The summed E-state index contributed by atoms with van der Waals surface area (Å²) in [4.78, 5) is 2.26. The van der Waals surface area contributed by atoms with E-state index < -0.39 is 0 Å². The first-order valence-electron chi connectivity index (χ1n) is 6.14. The molecule has 0 aliphatic heterocycles. The molecule has 92 valence electrons. The van der Waals surface area contributed by atoms with Crippen molar-refractivity contribution in [2.45, 2.75) is 0 Å². The van der Waals surface area contributed by atoms with Crippen LogP contribution in [-0.2, 0) is 0 Å². The summed E-state index contributed by atoms with van der Waals surface area (Å²) in [5.41, 5.74) is 7.86. The van der Waals surface area contributed by atoms with Crippen molar-refractivity contribution in [3.05, 3.63) is 72.8 Å². The summed E-state index contributed by atoms with van der Waals surface area (Å²) in [6, 6.07) is 20.7. The fraction of sp³-hybridized carbons (Fsp3) is 0.125. The Morgan fingerprint density at radius 3 is 1.72 bits per heavy atom. The summed E-state index contributed by atoms with van der Waals surface area (Å²) < 4.78 is 0. The van der Waals surface area contributed by atoms with Gasteiger partial charge in [0.1, 0.15) is 0 Å². The molecule has 0 radical (unpaired) electrons. The zero-order valence-electron chi connectivity index (χ0n) is 10.4. The number of hydrogen-bond acceptors (Lipinski definition) is 2. The van der Waals surface area contributed by atoms with Crippen molar-refractivity contribution in [1.29, 1.82) is 0 Å². The van der Waals surface area contributed by atoms with Crippen LogP contribution in [0.4, 0.5) is 11.4 Å². The molecule has 0 fully saturated rings. The van der Waals surface area contributed by atoms with E-state index in [1.165, 1.54) is 11.4 Å². The van der Waals surface area contributed by atoms with Crippen molar-refractivity contribution in [1.82, 2.24) is 0 Å². The summed E-state index contributed by atoms with van der Waals surface area (Å²) in [7, 11) is 0. The van der Waals surface area contributed by atoms with Crippen LogP contribution in [0.2, 0.25) is 0 Å². The molecule has 0 bridgehead atoms. The van der Waals surface area contributed by atoms with Gasteiger partial charge in [-0.05, 0) is 24.3 Å². The molecule has 0 amide bonds. The number of para-hydroxylation sites is 2. The molecular weight excluding hydrogens is 220 g/mol. The summed E-state index contributed by atoms with van der Waals surface area (Å²) in [5.74, 6) is 0. The van der Waals surface area contributed by atoms with Gasteiger partial charge < -0.3 is 10.6 Å². The number of hydrogen-bond donors (Lipinski definition) is 1. The van der Waals surface area contributed by atoms with Crippen molar-refractivity contribution in [2.75, 3.05) is 18.0 Å². The normalized spacial score (nSPS) is 10.7. The zero-order chi connectivity index (χ0) is 12.6. The Labute approximate surface area is 108 Å². The number of benzene rings is 2. The van der Waals surface area contributed by atoms with Gasteiger partial charge >= 0.3 is 0 Å². The molecule has 2 aromatic carbocycles. The molecule has 2 aromatic rings. The highest BCUT2D eigenvalue weighted by Crippen LogP contribution is 2.24. The molecule has 18 heavy (non-hydrogen) atoms. The van der Waals surface area contributed by atoms with Crippen LogP contribution in [0.3, 0.4) is 0 Å². The Morgan fingerprint density at radius 2 is 1.28 bits per heavy atom. The van der Waals surface area contributed by atoms with E-state index in [0.717, 1.165) is 6.54 Å². The molecule has 0 aliphatic carbocycles. The van der Waals surface area contributed by atoms with Crippen LogP contribution < -0.4 is 10.6 Å². The van der Waals surface area contributed by atoms with E-state index in [1.54, 1.807) is 0 Å². The van der Waals surface area contributed by atoms with E-state index in [2.05, 4.69) is 59.5 Å². The maximum absolute atomic E-state index is 5.49. The highest BCUT2D eigenvalue weighted by Gasteiger charge is 2.05. The lowest BCUT2D eigenvalue weighted by Crippen LogP contribution is -2.16. The van der Waals surface area contributed by atoms with Crippen molar-refractivity contribution >= 4 is 11.4 Å². The van der Waals surface area contributed by atoms with Gasteiger partial charge in [0.25, 0.3) is 0 Å². The molecule has 0 spiro atoms. The minimum absolute atomic E-state index is 0.581. The van der Waals surface area contributed by atoms with Gasteiger partial charge in [-0.3, -0.25) is 0 Å². The lowest BCUT2D eigenvalue weighted by atomic mass is 10.2. The van der Waals surface area contributed by atoms with Crippen molar-refractivity contribution in [3.63, 3.8) is 0 Å². The first-order valence-corrected chi connectivity index (χ1v) is 6.14. The van der Waals surface area contributed by atoms with Gasteiger partial charge in [0.2, 0.25) is 0 Å². The highest BCUT2D eigenvalue weighted by atomic mass is 15.1. The fourth-order valence-electron chi connectivity index (χ4n) is 1.85. The maximum atomic E-state index is 5.49. The Hall–Kier alpha value is -2.06. The van der Waals surface area contributed by atoms with Crippen LogP contribution in [0.15, 0.2) is 72.8 Å². The zero-order valence-corrected chi connectivity index (χ0v) is 10.4. The van der Waals surface area contributed by atoms with Crippen LogP contribution in [0.1, 0.15) is 0 Å². The van der Waals surface area contributed by atoms with Crippen molar-refractivity contribution in [3.8, 4) is 0 Å².